The Morgan fingerprint density at radius 1 is 1.04 bits per heavy atom. The highest BCUT2D eigenvalue weighted by molar-refractivity contribution is 7.00. The van der Waals surface area contributed by atoms with Crippen LogP contribution in [0.4, 0.5) is 10.1 Å². The second-order valence-electron chi connectivity index (χ2n) is 6.78. The highest BCUT2D eigenvalue weighted by Crippen LogP contribution is 2.31. The average molecular weight is 389 g/mol. The van der Waals surface area contributed by atoms with Crippen LogP contribution in [-0.4, -0.2) is 18.7 Å². The molecule has 0 aliphatic heterocycles. The smallest absolute Gasteiger partial charge is 0.137 e. The Balaban J connectivity index is 1.54. The number of rotatable bonds is 3. The molecule has 3 aromatic carbocycles. The van der Waals surface area contributed by atoms with E-state index < -0.39 is 0 Å². The molecule has 2 aromatic heterocycles. The Morgan fingerprint density at radius 2 is 1.93 bits per heavy atom. The Labute approximate surface area is 164 Å². The molecule has 1 atom stereocenters. The Hall–Kier alpha value is -3.32. The lowest BCUT2D eigenvalue weighted by molar-refractivity contribution is 0.627. The highest BCUT2D eigenvalue weighted by Gasteiger charge is 2.18. The normalized spacial score (nSPS) is 12.6. The van der Waals surface area contributed by atoms with Crippen LogP contribution in [0.15, 0.2) is 54.6 Å². The summed E-state index contributed by atoms with van der Waals surface area (Å²) in [6.45, 7) is 1.98. The molecule has 1 unspecified atom stereocenters. The molecule has 5 rings (SSSR count). The molecule has 0 bridgehead atoms. The van der Waals surface area contributed by atoms with Crippen LogP contribution in [0.2, 0.25) is 0 Å². The van der Waals surface area contributed by atoms with Gasteiger partial charge in [-0.1, -0.05) is 31.2 Å². The number of hydrogen-bond donors (Lipinski definition) is 2. The van der Waals surface area contributed by atoms with E-state index in [4.69, 9.17) is 5.73 Å². The van der Waals surface area contributed by atoms with Crippen molar-refractivity contribution in [2.24, 2.45) is 0 Å². The first kappa shape index (κ1) is 16.8. The van der Waals surface area contributed by atoms with Crippen LogP contribution in [0.3, 0.4) is 0 Å². The summed E-state index contributed by atoms with van der Waals surface area (Å²) in [6.07, 6.45) is 0. The minimum Gasteiger partial charge on any atom is -0.399 e. The van der Waals surface area contributed by atoms with Crippen molar-refractivity contribution in [3.63, 3.8) is 0 Å². The van der Waals surface area contributed by atoms with Gasteiger partial charge in [-0.15, -0.1) is 0 Å². The molecule has 0 saturated carbocycles. The molecule has 2 heterocycles. The third kappa shape index (κ3) is 2.71. The molecule has 0 amide bonds. The summed E-state index contributed by atoms with van der Waals surface area (Å²) < 4.78 is 22.3. The first-order chi connectivity index (χ1) is 13.6. The van der Waals surface area contributed by atoms with Crippen molar-refractivity contribution in [3.05, 3.63) is 71.8 Å². The van der Waals surface area contributed by atoms with Gasteiger partial charge < -0.3 is 5.73 Å². The van der Waals surface area contributed by atoms with Crippen molar-refractivity contribution >= 4 is 39.5 Å². The van der Waals surface area contributed by atoms with Gasteiger partial charge in [-0.3, -0.25) is 4.37 Å². The zero-order valence-electron chi connectivity index (χ0n) is 15.0. The van der Waals surface area contributed by atoms with E-state index in [1.54, 1.807) is 24.3 Å². The third-order valence-corrected chi connectivity index (χ3v) is 5.55. The van der Waals surface area contributed by atoms with Gasteiger partial charge in [-0.05, 0) is 41.5 Å². The summed E-state index contributed by atoms with van der Waals surface area (Å²) in [5, 5.41) is 0. The van der Waals surface area contributed by atoms with Crippen molar-refractivity contribution in [1.29, 1.82) is 0 Å². The predicted octanol–water partition coefficient (Wildman–Crippen LogP) is 5.11. The van der Waals surface area contributed by atoms with E-state index >= 15 is 0 Å². The standard InChI is InChI=1S/C21H16FN5S/c1-11(21-24-17-7-8-18-20(19(17)25-21)27-28-26-18)12-5-6-15(16(22)10-12)13-3-2-4-14(23)9-13/h2-11,26H,23H2,1H3. The molecule has 28 heavy (non-hydrogen) atoms. The maximum Gasteiger partial charge on any atom is 0.137 e. The van der Waals surface area contributed by atoms with Crippen LogP contribution in [0.1, 0.15) is 24.2 Å². The lowest BCUT2D eigenvalue weighted by atomic mass is 9.96. The monoisotopic (exact) mass is 389 g/mol. The van der Waals surface area contributed by atoms with Crippen LogP contribution < -0.4 is 5.73 Å². The van der Waals surface area contributed by atoms with Crippen molar-refractivity contribution in [2.45, 2.75) is 12.8 Å². The molecule has 138 valence electrons. The minimum absolute atomic E-state index is 0.144. The van der Waals surface area contributed by atoms with Crippen LogP contribution in [-0.2, 0) is 0 Å². The Morgan fingerprint density at radius 3 is 2.75 bits per heavy atom. The topological polar surface area (TPSA) is 80.5 Å². The number of nitrogens with zero attached hydrogens (tertiary/aromatic N) is 3. The van der Waals surface area contributed by atoms with Gasteiger partial charge in [-0.25, -0.2) is 14.4 Å². The number of aromatic nitrogens is 4. The van der Waals surface area contributed by atoms with Crippen LogP contribution in [0, 0.1) is 5.82 Å². The number of H-pyrrole nitrogens is 1. The molecule has 0 aliphatic rings. The molecule has 0 saturated heterocycles. The van der Waals surface area contributed by atoms with Crippen molar-refractivity contribution in [3.8, 4) is 11.1 Å². The number of hydrogen-bond acceptors (Lipinski definition) is 5. The van der Waals surface area contributed by atoms with E-state index in [-0.39, 0.29) is 11.7 Å². The molecule has 0 aliphatic carbocycles. The molecule has 3 N–H and O–H groups in total. The van der Waals surface area contributed by atoms with Gasteiger partial charge in [0.05, 0.1) is 11.0 Å². The van der Waals surface area contributed by atoms with Gasteiger partial charge in [0, 0.05) is 28.9 Å². The van der Waals surface area contributed by atoms with E-state index in [2.05, 4.69) is 18.7 Å². The fourth-order valence-corrected chi connectivity index (χ4v) is 3.99. The highest BCUT2D eigenvalue weighted by atomic mass is 32.1. The van der Waals surface area contributed by atoms with E-state index in [1.165, 1.54) is 11.7 Å². The number of anilines is 1. The number of imidazole rings is 1. The molecule has 0 radical (unpaired) electrons. The molecular formula is C21H16FN5S. The van der Waals surface area contributed by atoms with Gasteiger partial charge in [0.15, 0.2) is 0 Å². The zero-order chi connectivity index (χ0) is 19.3. The number of benzene rings is 3. The molecule has 0 fully saturated rings. The van der Waals surface area contributed by atoms with Crippen LogP contribution in [0.25, 0.3) is 33.2 Å². The number of nitrogens with two attached hydrogens (primary N) is 1. The molecule has 0 spiro atoms. The number of nitrogens with one attached hydrogen (secondary N) is 1. The second-order valence-corrected chi connectivity index (χ2v) is 7.35. The van der Waals surface area contributed by atoms with Crippen molar-refractivity contribution in [2.75, 3.05) is 5.73 Å². The molecule has 7 heteroatoms. The number of aromatic amines is 1. The number of halogens is 1. The first-order valence-electron chi connectivity index (χ1n) is 8.86. The van der Waals surface area contributed by atoms with Crippen LogP contribution >= 0.6 is 11.7 Å². The van der Waals surface area contributed by atoms with E-state index in [1.807, 2.05) is 37.3 Å². The molecule has 5 nitrogen and oxygen atoms in total. The van der Waals surface area contributed by atoms with Gasteiger partial charge >= 0.3 is 0 Å². The van der Waals surface area contributed by atoms with Crippen molar-refractivity contribution < 1.29 is 4.39 Å². The average Bonchev–Trinajstić information content (AvgIpc) is 3.33. The van der Waals surface area contributed by atoms with Gasteiger partial charge in [0.25, 0.3) is 0 Å². The van der Waals surface area contributed by atoms with E-state index in [0.717, 1.165) is 33.2 Å². The fourth-order valence-electron chi connectivity index (χ4n) is 3.41. The van der Waals surface area contributed by atoms with Gasteiger partial charge in [-0.2, -0.15) is 4.37 Å². The molecule has 5 aromatic rings. The van der Waals surface area contributed by atoms with E-state index in [0.29, 0.717) is 17.1 Å². The third-order valence-electron chi connectivity index (χ3n) is 4.96. The number of nitrogen functional groups attached to an aromatic ring is 1. The zero-order valence-corrected chi connectivity index (χ0v) is 15.8. The lowest BCUT2D eigenvalue weighted by Gasteiger charge is -2.11. The summed E-state index contributed by atoms with van der Waals surface area (Å²) in [6, 6.07) is 16.3. The number of fused-ring (bicyclic) bond motifs is 3. The van der Waals surface area contributed by atoms with Gasteiger partial charge in [0.2, 0.25) is 0 Å². The fraction of sp³-hybridized carbons (Fsp3) is 0.0952. The SMILES string of the molecule is CC(c1ccc(-c2cccc(N)c2)c(F)c1)c1nc2ccc3[nH]snc3c2n1. The summed E-state index contributed by atoms with van der Waals surface area (Å²) in [7, 11) is 0. The predicted molar refractivity (Wildman–Crippen MR) is 111 cm³/mol. The summed E-state index contributed by atoms with van der Waals surface area (Å²) >= 11 is 1.28. The maximum absolute atomic E-state index is 14.8. The van der Waals surface area contributed by atoms with Crippen molar-refractivity contribution in [1.82, 2.24) is 18.7 Å². The van der Waals surface area contributed by atoms with Gasteiger partial charge in [0.1, 0.15) is 22.7 Å². The largest absolute Gasteiger partial charge is 0.399 e. The second kappa shape index (κ2) is 6.38. The first-order valence-corrected chi connectivity index (χ1v) is 9.63. The van der Waals surface area contributed by atoms with Crippen LogP contribution in [0.5, 0.6) is 0 Å². The maximum atomic E-state index is 14.8. The van der Waals surface area contributed by atoms with E-state index in [9.17, 15) is 4.39 Å². The lowest BCUT2D eigenvalue weighted by Crippen LogP contribution is -2.00. The Kier molecular flexibility index (Phi) is 3.84. The summed E-state index contributed by atoms with van der Waals surface area (Å²) in [5.41, 5.74) is 11.9. The molecular weight excluding hydrogens is 373 g/mol. The summed E-state index contributed by atoms with van der Waals surface area (Å²) in [4.78, 5) is 9.33. The minimum atomic E-state index is -0.289. The quantitative estimate of drug-likeness (QED) is 0.420. The Bertz CT molecular complexity index is 1320. The summed E-state index contributed by atoms with van der Waals surface area (Å²) in [5.74, 6) is 0.226.